The van der Waals surface area contributed by atoms with E-state index in [0.29, 0.717) is 0 Å². The number of aliphatic hydroxyl groups is 3. The van der Waals surface area contributed by atoms with E-state index in [0.717, 1.165) is 0 Å². The number of carbonyl (C=O) groups excluding carboxylic acids is 3. The van der Waals surface area contributed by atoms with Crippen LogP contribution >= 0.6 is 7.82 Å². The molecule has 0 bridgehead atoms. The molecule has 0 aliphatic carbocycles. The van der Waals surface area contributed by atoms with Crippen LogP contribution in [0.15, 0.2) is 36.5 Å². The number of hydrogen-bond acceptors (Lipinski definition) is 13. The van der Waals surface area contributed by atoms with Crippen molar-refractivity contribution >= 4 is 25.7 Å². The lowest BCUT2D eigenvalue weighted by atomic mass is 10.1. The van der Waals surface area contributed by atoms with Gasteiger partial charge in [-0.2, -0.15) is 0 Å². The standard InChI is InChI=1S/C24H39O13P/c1-13(10-16(4)25)22(28)32-19(7)35-38(31,36-20(8)33-23(29)14(2)11-17(5)26)37-21(9)34-24(30)15(3)12-18(6)27/h16-21,25-27H,1-3,10-12H2,4-9H3. The molecule has 0 rings (SSSR count). The molecule has 3 N–H and O–H groups in total. The van der Waals surface area contributed by atoms with Crippen LogP contribution in [0.5, 0.6) is 0 Å². The zero-order chi connectivity index (χ0) is 29.8. The van der Waals surface area contributed by atoms with Gasteiger partial charge in [-0.1, -0.05) is 19.7 Å². The highest BCUT2D eigenvalue weighted by Crippen LogP contribution is 2.53. The topological polar surface area (TPSA) is 184 Å². The molecule has 0 aromatic carbocycles. The Morgan fingerprint density at radius 2 is 0.789 bits per heavy atom. The summed E-state index contributed by atoms with van der Waals surface area (Å²) in [5.74, 6) is -2.90. The first-order valence-corrected chi connectivity index (χ1v) is 13.2. The number of esters is 3. The summed E-state index contributed by atoms with van der Waals surface area (Å²) in [7, 11) is -4.80. The SMILES string of the molecule is C=C(CC(C)O)C(=O)OC(C)OP(=O)(OC(C)OC(=O)C(=C)CC(C)O)OC(C)OC(=O)C(=C)CC(C)O. The zero-order valence-electron chi connectivity index (χ0n) is 22.6. The molecule has 0 aliphatic rings. The summed E-state index contributed by atoms with van der Waals surface area (Å²) in [6.07, 6.45) is -7.61. The molecule has 6 atom stereocenters. The minimum absolute atomic E-state index is 0.0926. The smallest absolute Gasteiger partial charge is 0.432 e. The fourth-order valence-electron chi connectivity index (χ4n) is 2.71. The fourth-order valence-corrected chi connectivity index (χ4v) is 4.08. The molecule has 0 aromatic rings. The summed E-state index contributed by atoms with van der Waals surface area (Å²) in [6, 6.07) is 0. The first-order valence-electron chi connectivity index (χ1n) is 11.7. The minimum atomic E-state index is -4.80. The van der Waals surface area contributed by atoms with E-state index in [9.17, 15) is 34.3 Å². The van der Waals surface area contributed by atoms with Gasteiger partial charge in [0.1, 0.15) is 0 Å². The molecule has 218 valence electrons. The summed E-state index contributed by atoms with van der Waals surface area (Å²) in [5.41, 5.74) is -0.278. The Hall–Kier alpha value is -2.38. The van der Waals surface area contributed by atoms with Gasteiger partial charge >= 0.3 is 25.7 Å². The maximum atomic E-state index is 13.4. The van der Waals surface area contributed by atoms with Crippen molar-refractivity contribution < 1.29 is 62.1 Å². The van der Waals surface area contributed by atoms with Gasteiger partial charge in [-0.3, -0.25) is 0 Å². The Balaban J connectivity index is 5.56. The average molecular weight is 567 g/mol. The van der Waals surface area contributed by atoms with Crippen LogP contribution in [0.25, 0.3) is 0 Å². The van der Waals surface area contributed by atoms with E-state index in [1.807, 2.05) is 0 Å². The highest BCUT2D eigenvalue weighted by molar-refractivity contribution is 7.48. The zero-order valence-corrected chi connectivity index (χ0v) is 23.5. The molecule has 0 saturated carbocycles. The van der Waals surface area contributed by atoms with Crippen molar-refractivity contribution in [2.24, 2.45) is 0 Å². The molecule has 6 unspecified atom stereocenters. The van der Waals surface area contributed by atoms with Crippen LogP contribution in [0.3, 0.4) is 0 Å². The number of ether oxygens (including phenoxy) is 3. The maximum absolute atomic E-state index is 13.4. The average Bonchev–Trinajstić information content (AvgIpc) is 2.70. The Labute approximate surface area is 222 Å². The monoisotopic (exact) mass is 566 g/mol. The first kappa shape index (κ1) is 35.6. The molecule has 0 spiro atoms. The lowest BCUT2D eigenvalue weighted by molar-refractivity contribution is -0.174. The highest BCUT2D eigenvalue weighted by atomic mass is 31.2. The largest absolute Gasteiger partial charge is 0.484 e. The number of aliphatic hydroxyl groups excluding tert-OH is 3. The molecule has 0 saturated heterocycles. The third-order valence-electron chi connectivity index (χ3n) is 4.14. The Morgan fingerprint density at radius 1 is 0.579 bits per heavy atom. The van der Waals surface area contributed by atoms with Crippen LogP contribution in [0.4, 0.5) is 0 Å². The highest BCUT2D eigenvalue weighted by Gasteiger charge is 2.38. The van der Waals surface area contributed by atoms with Gasteiger partial charge in [0.25, 0.3) is 0 Å². The second-order valence-electron chi connectivity index (χ2n) is 8.65. The Kier molecular flexibility index (Phi) is 15.5. The number of carbonyl (C=O) groups is 3. The molecule has 14 heteroatoms. The van der Waals surface area contributed by atoms with E-state index in [1.165, 1.54) is 41.5 Å². The van der Waals surface area contributed by atoms with Crippen molar-refractivity contribution in [1.29, 1.82) is 0 Å². The van der Waals surface area contributed by atoms with Gasteiger partial charge < -0.3 is 29.5 Å². The van der Waals surface area contributed by atoms with E-state index >= 15 is 0 Å². The van der Waals surface area contributed by atoms with E-state index in [1.54, 1.807) is 0 Å². The number of rotatable bonds is 18. The van der Waals surface area contributed by atoms with Gasteiger partial charge in [0.05, 0.1) is 18.3 Å². The normalized spacial score (nSPS) is 17.5. The summed E-state index contributed by atoms with van der Waals surface area (Å²) in [5, 5.41) is 28.2. The number of phosphoric ester groups is 1. The molecule has 13 nitrogen and oxygen atoms in total. The molecule has 0 radical (unpaired) electrons. The summed E-state index contributed by atoms with van der Waals surface area (Å²) in [6.45, 7) is 18.3. The van der Waals surface area contributed by atoms with Gasteiger partial charge in [-0.05, 0) is 41.5 Å². The molecular formula is C24H39O13P. The molecule has 0 fully saturated rings. The Bertz CT molecular complexity index is 795. The van der Waals surface area contributed by atoms with Gasteiger partial charge in [0.2, 0.25) is 18.9 Å². The van der Waals surface area contributed by atoms with Crippen molar-refractivity contribution in [3.63, 3.8) is 0 Å². The summed E-state index contributed by atoms with van der Waals surface area (Å²) < 4.78 is 43.9. The second kappa shape index (κ2) is 16.6. The molecule has 38 heavy (non-hydrogen) atoms. The molecule has 0 aromatic heterocycles. The number of hydrogen-bond donors (Lipinski definition) is 3. The predicted octanol–water partition coefficient (Wildman–Crippen LogP) is 2.79. The van der Waals surface area contributed by atoms with Gasteiger partial charge in [-0.25, -0.2) is 32.5 Å². The van der Waals surface area contributed by atoms with E-state index < -0.39 is 62.9 Å². The van der Waals surface area contributed by atoms with Crippen molar-refractivity contribution in [2.45, 2.75) is 98.0 Å². The number of phosphoric acid groups is 1. The van der Waals surface area contributed by atoms with Crippen molar-refractivity contribution in [1.82, 2.24) is 0 Å². The maximum Gasteiger partial charge on any atom is 0.484 e. The molecule has 0 amide bonds. The van der Waals surface area contributed by atoms with Crippen molar-refractivity contribution in [2.75, 3.05) is 0 Å². The Morgan fingerprint density at radius 3 is 0.974 bits per heavy atom. The van der Waals surface area contributed by atoms with Crippen LogP contribution in [0, 0.1) is 0 Å². The molecule has 0 aliphatic heterocycles. The van der Waals surface area contributed by atoms with Crippen LogP contribution in [-0.2, 0) is 46.7 Å². The predicted molar refractivity (Wildman–Crippen MR) is 134 cm³/mol. The van der Waals surface area contributed by atoms with Crippen LogP contribution < -0.4 is 0 Å². The van der Waals surface area contributed by atoms with E-state index in [4.69, 9.17) is 27.8 Å². The van der Waals surface area contributed by atoms with Crippen molar-refractivity contribution in [3.05, 3.63) is 36.5 Å². The van der Waals surface area contributed by atoms with E-state index in [2.05, 4.69) is 19.7 Å². The van der Waals surface area contributed by atoms with Gasteiger partial charge in [-0.15, -0.1) is 0 Å². The first-order chi connectivity index (χ1) is 17.3. The lowest BCUT2D eigenvalue weighted by Crippen LogP contribution is -2.26. The minimum Gasteiger partial charge on any atom is -0.432 e. The third-order valence-corrected chi connectivity index (χ3v) is 5.81. The van der Waals surface area contributed by atoms with Crippen LogP contribution in [-0.4, -0.2) is 70.4 Å². The van der Waals surface area contributed by atoms with Gasteiger partial charge in [0.15, 0.2) is 0 Å². The van der Waals surface area contributed by atoms with Crippen molar-refractivity contribution in [3.8, 4) is 0 Å². The summed E-state index contributed by atoms with van der Waals surface area (Å²) >= 11 is 0. The van der Waals surface area contributed by atoms with Crippen LogP contribution in [0.2, 0.25) is 0 Å². The lowest BCUT2D eigenvalue weighted by Gasteiger charge is -2.26. The van der Waals surface area contributed by atoms with Gasteiger partial charge in [0, 0.05) is 36.0 Å². The van der Waals surface area contributed by atoms with Crippen LogP contribution in [0.1, 0.15) is 60.8 Å². The second-order valence-corrected chi connectivity index (χ2v) is 10.2. The molecule has 0 heterocycles. The third kappa shape index (κ3) is 15.1. The summed E-state index contributed by atoms with van der Waals surface area (Å²) in [4.78, 5) is 36.5. The fraction of sp³-hybridized carbons (Fsp3) is 0.625. The van der Waals surface area contributed by atoms with E-state index in [-0.39, 0.29) is 36.0 Å². The molecular weight excluding hydrogens is 527 g/mol. The quantitative estimate of drug-likeness (QED) is 0.0724.